The predicted octanol–water partition coefficient (Wildman–Crippen LogP) is 3.51. The molecule has 18 heavy (non-hydrogen) atoms. The van der Waals surface area contributed by atoms with Crippen LogP contribution in [-0.2, 0) is 7.05 Å². The summed E-state index contributed by atoms with van der Waals surface area (Å²) in [6, 6.07) is 5.23. The Kier molecular flexibility index (Phi) is 3.45. The lowest BCUT2D eigenvalue weighted by Crippen LogP contribution is -1.99. The summed E-state index contributed by atoms with van der Waals surface area (Å²) in [5.74, 6) is -1.05. The van der Waals surface area contributed by atoms with E-state index < -0.39 is 5.97 Å². The molecule has 0 aliphatic carbocycles. The molecule has 1 heterocycles. The molecule has 0 spiro atoms. The molecule has 4 nitrogen and oxygen atoms in total. The molecular weight excluding hydrogens is 320 g/mol. The van der Waals surface area contributed by atoms with Gasteiger partial charge < -0.3 is 5.11 Å². The van der Waals surface area contributed by atoms with Crippen LogP contribution >= 0.6 is 27.5 Å². The molecule has 2 aromatic rings. The summed E-state index contributed by atoms with van der Waals surface area (Å²) in [5.41, 5.74) is 2.48. The number of aryl methyl sites for hydroxylation is 1. The maximum absolute atomic E-state index is 10.9. The Morgan fingerprint density at radius 2 is 2.11 bits per heavy atom. The van der Waals surface area contributed by atoms with Gasteiger partial charge in [-0.15, -0.1) is 0 Å². The molecule has 0 radical (unpaired) electrons. The van der Waals surface area contributed by atoms with Gasteiger partial charge in [0.2, 0.25) is 0 Å². The minimum Gasteiger partial charge on any atom is -0.476 e. The van der Waals surface area contributed by atoms with Crippen LogP contribution in [0.5, 0.6) is 0 Å². The van der Waals surface area contributed by atoms with Gasteiger partial charge in [-0.3, -0.25) is 4.68 Å². The lowest BCUT2D eigenvalue weighted by molar-refractivity contribution is 0.0689. The van der Waals surface area contributed by atoms with Crippen molar-refractivity contribution in [3.05, 3.63) is 39.0 Å². The van der Waals surface area contributed by atoms with Crippen LogP contribution in [0.25, 0.3) is 11.3 Å². The first kappa shape index (κ1) is 13.1. The van der Waals surface area contributed by atoms with Gasteiger partial charge in [-0.05, 0) is 30.7 Å². The number of rotatable bonds is 2. The van der Waals surface area contributed by atoms with E-state index in [1.165, 1.54) is 10.7 Å². The van der Waals surface area contributed by atoms with Crippen molar-refractivity contribution in [3.8, 4) is 11.3 Å². The zero-order valence-corrected chi connectivity index (χ0v) is 12.1. The van der Waals surface area contributed by atoms with Crippen molar-refractivity contribution in [3.63, 3.8) is 0 Å². The fraction of sp³-hybridized carbons (Fsp3) is 0.167. The molecule has 1 aromatic carbocycles. The Morgan fingerprint density at radius 3 is 2.67 bits per heavy atom. The van der Waals surface area contributed by atoms with E-state index in [0.29, 0.717) is 10.7 Å². The van der Waals surface area contributed by atoms with Gasteiger partial charge in [0.1, 0.15) is 0 Å². The minimum absolute atomic E-state index is 0.0167. The monoisotopic (exact) mass is 328 g/mol. The van der Waals surface area contributed by atoms with Gasteiger partial charge in [0, 0.05) is 22.1 Å². The van der Waals surface area contributed by atoms with Gasteiger partial charge >= 0.3 is 5.97 Å². The molecule has 1 N–H and O–H groups in total. The van der Waals surface area contributed by atoms with Crippen LogP contribution in [-0.4, -0.2) is 20.9 Å². The molecule has 2 rings (SSSR count). The van der Waals surface area contributed by atoms with Crippen LogP contribution < -0.4 is 0 Å². The van der Waals surface area contributed by atoms with Gasteiger partial charge in [-0.1, -0.05) is 27.5 Å². The molecule has 0 unspecified atom stereocenters. The van der Waals surface area contributed by atoms with Crippen LogP contribution in [0, 0.1) is 6.92 Å². The topological polar surface area (TPSA) is 55.1 Å². The Hall–Kier alpha value is -1.33. The highest BCUT2D eigenvalue weighted by Crippen LogP contribution is 2.32. The summed E-state index contributed by atoms with van der Waals surface area (Å²) in [6.07, 6.45) is 0. The van der Waals surface area contributed by atoms with E-state index in [-0.39, 0.29) is 5.69 Å². The summed E-state index contributed by atoms with van der Waals surface area (Å²) in [6.45, 7) is 1.89. The smallest absolute Gasteiger partial charge is 0.356 e. The first-order valence-corrected chi connectivity index (χ1v) is 6.30. The van der Waals surface area contributed by atoms with E-state index in [2.05, 4.69) is 21.0 Å². The second-order valence-electron chi connectivity index (χ2n) is 3.90. The van der Waals surface area contributed by atoms with Gasteiger partial charge in [0.25, 0.3) is 0 Å². The normalized spacial score (nSPS) is 10.7. The van der Waals surface area contributed by atoms with Crippen LogP contribution in [0.2, 0.25) is 5.02 Å². The van der Waals surface area contributed by atoms with Crippen LogP contribution in [0.15, 0.2) is 22.7 Å². The number of aromatic carboxylic acids is 1. The standard InChI is InChI=1S/C12H10BrClN2O2/c1-6-8(3-7(13)4-9(6)14)11-5-10(12(17)18)15-16(11)2/h3-5H,1-2H3,(H,17,18). The van der Waals surface area contributed by atoms with Crippen molar-refractivity contribution in [2.45, 2.75) is 6.92 Å². The SMILES string of the molecule is Cc1c(Cl)cc(Br)cc1-c1cc(C(=O)O)nn1C. The number of hydrogen-bond acceptors (Lipinski definition) is 2. The van der Waals surface area contributed by atoms with Crippen molar-refractivity contribution in [1.29, 1.82) is 0 Å². The molecule has 0 bridgehead atoms. The lowest BCUT2D eigenvalue weighted by Gasteiger charge is -2.08. The second-order valence-corrected chi connectivity index (χ2v) is 5.23. The summed E-state index contributed by atoms with van der Waals surface area (Å²) >= 11 is 9.49. The molecular formula is C12H10BrClN2O2. The zero-order chi connectivity index (χ0) is 13.4. The average molecular weight is 330 g/mol. The van der Waals surface area contributed by atoms with E-state index in [1.54, 1.807) is 13.1 Å². The Balaban J connectivity index is 2.65. The first-order valence-electron chi connectivity index (χ1n) is 5.13. The van der Waals surface area contributed by atoms with Crippen LogP contribution in [0.1, 0.15) is 16.1 Å². The van der Waals surface area contributed by atoms with Crippen LogP contribution in [0.3, 0.4) is 0 Å². The largest absolute Gasteiger partial charge is 0.476 e. The third kappa shape index (κ3) is 2.28. The quantitative estimate of drug-likeness (QED) is 0.917. The van der Waals surface area contributed by atoms with E-state index in [1.807, 2.05) is 13.0 Å². The van der Waals surface area contributed by atoms with Crippen molar-refractivity contribution in [1.82, 2.24) is 9.78 Å². The van der Waals surface area contributed by atoms with Crippen molar-refractivity contribution in [2.75, 3.05) is 0 Å². The first-order chi connectivity index (χ1) is 8.40. The maximum atomic E-state index is 10.9. The molecule has 0 fully saturated rings. The summed E-state index contributed by atoms with van der Waals surface area (Å²) in [4.78, 5) is 10.9. The maximum Gasteiger partial charge on any atom is 0.356 e. The summed E-state index contributed by atoms with van der Waals surface area (Å²) in [7, 11) is 1.70. The molecule has 0 saturated heterocycles. The highest BCUT2D eigenvalue weighted by Gasteiger charge is 2.15. The van der Waals surface area contributed by atoms with E-state index in [9.17, 15) is 4.79 Å². The van der Waals surface area contributed by atoms with E-state index in [4.69, 9.17) is 16.7 Å². The molecule has 6 heteroatoms. The Bertz CT molecular complexity index is 637. The Labute approximate surface area is 117 Å². The van der Waals surface area contributed by atoms with E-state index >= 15 is 0 Å². The number of aromatic nitrogens is 2. The van der Waals surface area contributed by atoms with Gasteiger partial charge in [-0.25, -0.2) is 4.79 Å². The fourth-order valence-corrected chi connectivity index (χ4v) is 2.54. The third-order valence-corrected chi connectivity index (χ3v) is 3.53. The number of halogens is 2. The number of carboxylic acid groups (broad SMARTS) is 1. The van der Waals surface area contributed by atoms with Crippen molar-refractivity contribution in [2.24, 2.45) is 7.05 Å². The molecule has 0 aliphatic rings. The van der Waals surface area contributed by atoms with Crippen molar-refractivity contribution < 1.29 is 9.90 Å². The molecule has 0 amide bonds. The lowest BCUT2D eigenvalue weighted by atomic mass is 10.1. The summed E-state index contributed by atoms with van der Waals surface area (Å²) < 4.78 is 2.38. The molecule has 0 saturated carbocycles. The highest BCUT2D eigenvalue weighted by atomic mass is 79.9. The van der Waals surface area contributed by atoms with Crippen molar-refractivity contribution >= 4 is 33.5 Å². The molecule has 94 valence electrons. The number of benzene rings is 1. The molecule has 1 aromatic heterocycles. The van der Waals surface area contributed by atoms with Crippen LogP contribution in [0.4, 0.5) is 0 Å². The third-order valence-electron chi connectivity index (χ3n) is 2.68. The second kappa shape index (κ2) is 4.74. The summed E-state index contributed by atoms with van der Waals surface area (Å²) in [5, 5.41) is 13.5. The minimum atomic E-state index is -1.05. The number of carbonyl (C=O) groups is 1. The highest BCUT2D eigenvalue weighted by molar-refractivity contribution is 9.10. The number of carboxylic acids is 1. The molecule has 0 atom stereocenters. The molecule has 0 aliphatic heterocycles. The van der Waals surface area contributed by atoms with Gasteiger partial charge in [-0.2, -0.15) is 5.10 Å². The number of hydrogen-bond donors (Lipinski definition) is 1. The zero-order valence-electron chi connectivity index (χ0n) is 9.74. The Morgan fingerprint density at radius 1 is 1.44 bits per heavy atom. The number of nitrogens with zero attached hydrogens (tertiary/aromatic N) is 2. The van der Waals surface area contributed by atoms with E-state index in [0.717, 1.165) is 15.6 Å². The van der Waals surface area contributed by atoms with Gasteiger partial charge in [0.15, 0.2) is 5.69 Å². The predicted molar refractivity (Wildman–Crippen MR) is 73.1 cm³/mol. The average Bonchev–Trinajstić information content (AvgIpc) is 2.66. The van der Waals surface area contributed by atoms with Gasteiger partial charge in [0.05, 0.1) is 5.69 Å². The fourth-order valence-electron chi connectivity index (χ4n) is 1.74.